The van der Waals surface area contributed by atoms with Crippen molar-refractivity contribution in [3.63, 3.8) is 0 Å². The van der Waals surface area contributed by atoms with Crippen molar-refractivity contribution >= 4 is 34.3 Å². The fourth-order valence-corrected chi connectivity index (χ4v) is 4.22. The van der Waals surface area contributed by atoms with Crippen molar-refractivity contribution in [2.75, 3.05) is 26.2 Å². The first-order chi connectivity index (χ1) is 13.8. The van der Waals surface area contributed by atoms with Gasteiger partial charge in [-0.05, 0) is 41.5 Å². The molecule has 0 fully saturated rings. The predicted octanol–water partition coefficient (Wildman–Crippen LogP) is 4.43. The van der Waals surface area contributed by atoms with E-state index in [0.29, 0.717) is 10.6 Å². The van der Waals surface area contributed by atoms with Gasteiger partial charge in [-0.25, -0.2) is 9.45 Å². The number of benzene rings is 2. The zero-order valence-electron chi connectivity index (χ0n) is 16.0. The third-order valence-corrected chi connectivity index (χ3v) is 5.70. The monoisotopic (exact) mass is 434 g/mol. The highest BCUT2D eigenvalue weighted by Gasteiger charge is 2.19. The molecule has 1 unspecified atom stereocenters. The molecular weight excluding hydrogens is 415 g/mol. The number of hydrogen-bond donors (Lipinski definition) is 1. The van der Waals surface area contributed by atoms with E-state index < -0.39 is 11.4 Å². The van der Waals surface area contributed by atoms with E-state index in [4.69, 9.17) is 8.84 Å². The topological polar surface area (TPSA) is 70.1 Å². The van der Waals surface area contributed by atoms with Crippen LogP contribution >= 0.6 is 11.3 Å². The standard InChI is InChI=1S/C20H19FN2O4S2/c1-22(2)20(24)18-12-17(19(28-18)14-4-8-15(21)9-5-14)13-6-10-16(11-7-13)23(3)27-29(25)26/h4-12H,1-3H3,(H,25,26). The summed E-state index contributed by atoms with van der Waals surface area (Å²) in [4.78, 5) is 15.4. The maximum atomic E-state index is 13.4. The van der Waals surface area contributed by atoms with Gasteiger partial charge in [0.1, 0.15) is 5.82 Å². The number of carbonyl (C=O) groups excluding carboxylic acids is 1. The van der Waals surface area contributed by atoms with Crippen LogP contribution in [0.4, 0.5) is 10.1 Å². The van der Waals surface area contributed by atoms with E-state index in [-0.39, 0.29) is 11.7 Å². The van der Waals surface area contributed by atoms with Crippen LogP contribution in [0.1, 0.15) is 9.67 Å². The largest absolute Gasteiger partial charge is 0.344 e. The first kappa shape index (κ1) is 21.1. The second-order valence-electron chi connectivity index (χ2n) is 6.40. The summed E-state index contributed by atoms with van der Waals surface area (Å²) < 4.78 is 37.7. The molecule has 0 aliphatic heterocycles. The molecule has 0 aliphatic rings. The Balaban J connectivity index is 2.04. The van der Waals surface area contributed by atoms with Gasteiger partial charge in [0.15, 0.2) is 0 Å². The molecule has 1 atom stereocenters. The number of anilines is 1. The summed E-state index contributed by atoms with van der Waals surface area (Å²) in [5.74, 6) is -0.440. The van der Waals surface area contributed by atoms with Crippen LogP contribution < -0.4 is 5.06 Å². The molecule has 1 heterocycles. The van der Waals surface area contributed by atoms with Crippen LogP contribution in [0.5, 0.6) is 0 Å². The zero-order valence-corrected chi connectivity index (χ0v) is 17.6. The molecule has 0 spiro atoms. The third kappa shape index (κ3) is 4.88. The molecule has 0 saturated heterocycles. The van der Waals surface area contributed by atoms with Gasteiger partial charge in [0.25, 0.3) is 5.91 Å². The molecule has 1 amide bonds. The molecule has 2 aromatic carbocycles. The molecule has 9 heteroatoms. The van der Waals surface area contributed by atoms with Crippen LogP contribution in [0.3, 0.4) is 0 Å². The Morgan fingerprint density at radius 2 is 1.62 bits per heavy atom. The summed E-state index contributed by atoms with van der Waals surface area (Å²) in [5, 5.41) is 1.19. The van der Waals surface area contributed by atoms with Crippen molar-refractivity contribution in [2.45, 2.75) is 0 Å². The number of halogens is 1. The second kappa shape index (κ2) is 8.83. The molecule has 3 rings (SSSR count). The molecular formula is C20H19FN2O4S2. The highest BCUT2D eigenvalue weighted by molar-refractivity contribution is 7.74. The number of nitrogens with zero attached hydrogens (tertiary/aromatic N) is 2. The number of rotatable bonds is 6. The highest BCUT2D eigenvalue weighted by Crippen LogP contribution is 2.40. The third-order valence-electron chi connectivity index (χ3n) is 4.17. The SMILES string of the molecule is CN(C)C(=O)c1cc(-c2ccc(N(C)OS(=O)O)cc2)c(-c2ccc(F)cc2)s1. The van der Waals surface area contributed by atoms with Crippen LogP contribution in [-0.2, 0) is 15.6 Å². The van der Waals surface area contributed by atoms with Gasteiger partial charge in [0.2, 0.25) is 0 Å². The molecule has 1 aromatic heterocycles. The lowest BCUT2D eigenvalue weighted by Gasteiger charge is -2.15. The molecule has 1 N–H and O–H groups in total. The van der Waals surface area contributed by atoms with E-state index >= 15 is 0 Å². The Labute approximate surface area is 174 Å². The quantitative estimate of drug-likeness (QED) is 0.459. The van der Waals surface area contributed by atoms with Crippen LogP contribution in [0, 0.1) is 5.82 Å². The van der Waals surface area contributed by atoms with Crippen molar-refractivity contribution in [1.29, 1.82) is 0 Å². The second-order valence-corrected chi connectivity index (χ2v) is 8.03. The average Bonchev–Trinajstić information content (AvgIpc) is 3.12. The van der Waals surface area contributed by atoms with Gasteiger partial charge in [-0.2, -0.15) is 4.21 Å². The van der Waals surface area contributed by atoms with Crippen molar-refractivity contribution in [2.24, 2.45) is 0 Å². The number of thiophene rings is 1. The summed E-state index contributed by atoms with van der Waals surface area (Å²) in [6.07, 6.45) is 0. The van der Waals surface area contributed by atoms with Crippen LogP contribution in [-0.4, -0.2) is 40.7 Å². The maximum absolute atomic E-state index is 13.4. The van der Waals surface area contributed by atoms with Gasteiger partial charge in [-0.3, -0.25) is 9.35 Å². The van der Waals surface area contributed by atoms with Crippen molar-refractivity contribution < 1.29 is 22.2 Å². The Hall–Kier alpha value is -2.59. The molecule has 152 valence electrons. The minimum Gasteiger partial charge on any atom is -0.344 e. The van der Waals surface area contributed by atoms with Gasteiger partial charge in [-0.15, -0.1) is 15.6 Å². The van der Waals surface area contributed by atoms with Gasteiger partial charge >= 0.3 is 11.4 Å². The molecule has 3 aromatic rings. The predicted molar refractivity (Wildman–Crippen MR) is 113 cm³/mol. The molecule has 0 aliphatic carbocycles. The summed E-state index contributed by atoms with van der Waals surface area (Å²) in [6.45, 7) is 0. The summed E-state index contributed by atoms with van der Waals surface area (Å²) in [6, 6.07) is 15.1. The minimum atomic E-state index is -2.42. The summed E-state index contributed by atoms with van der Waals surface area (Å²) in [5.41, 5.74) is 3.08. The molecule has 0 saturated carbocycles. The van der Waals surface area contributed by atoms with Gasteiger partial charge in [-0.1, -0.05) is 24.3 Å². The molecule has 29 heavy (non-hydrogen) atoms. The average molecular weight is 435 g/mol. The smallest absolute Gasteiger partial charge is 0.325 e. The number of carbonyl (C=O) groups is 1. The fourth-order valence-electron chi connectivity index (χ4n) is 2.74. The van der Waals surface area contributed by atoms with Crippen LogP contribution in [0.15, 0.2) is 54.6 Å². The lowest BCUT2D eigenvalue weighted by atomic mass is 10.0. The van der Waals surface area contributed by atoms with Crippen molar-refractivity contribution in [3.8, 4) is 21.6 Å². The normalized spacial score (nSPS) is 11.9. The Bertz CT molecular complexity index is 1030. The fraction of sp³-hybridized carbons (Fsp3) is 0.150. The lowest BCUT2D eigenvalue weighted by Crippen LogP contribution is -2.20. The van der Waals surface area contributed by atoms with Crippen molar-refractivity contribution in [1.82, 2.24) is 4.90 Å². The van der Waals surface area contributed by atoms with E-state index in [1.165, 1.54) is 40.5 Å². The Morgan fingerprint density at radius 3 is 2.17 bits per heavy atom. The molecule has 6 nitrogen and oxygen atoms in total. The summed E-state index contributed by atoms with van der Waals surface area (Å²) in [7, 11) is 4.90. The maximum Gasteiger partial charge on any atom is 0.325 e. The van der Waals surface area contributed by atoms with E-state index in [9.17, 15) is 13.4 Å². The Morgan fingerprint density at radius 1 is 1.03 bits per heavy atom. The van der Waals surface area contributed by atoms with Crippen LogP contribution in [0.2, 0.25) is 0 Å². The number of hydroxylamine groups is 1. The van der Waals surface area contributed by atoms with Crippen molar-refractivity contribution in [3.05, 3.63) is 65.3 Å². The summed E-state index contributed by atoms with van der Waals surface area (Å²) >= 11 is -1.07. The van der Waals surface area contributed by atoms with E-state index in [1.807, 2.05) is 18.2 Å². The molecule has 0 radical (unpaired) electrons. The van der Waals surface area contributed by atoms with Crippen LogP contribution in [0.25, 0.3) is 21.6 Å². The van der Waals surface area contributed by atoms with Gasteiger partial charge in [0.05, 0.1) is 10.6 Å². The van der Waals surface area contributed by atoms with Gasteiger partial charge in [0, 0.05) is 31.6 Å². The van der Waals surface area contributed by atoms with E-state index in [0.717, 1.165) is 21.6 Å². The zero-order chi connectivity index (χ0) is 21.1. The van der Waals surface area contributed by atoms with Gasteiger partial charge < -0.3 is 4.90 Å². The lowest BCUT2D eigenvalue weighted by molar-refractivity contribution is 0.0832. The van der Waals surface area contributed by atoms with E-state index in [1.54, 1.807) is 38.4 Å². The highest BCUT2D eigenvalue weighted by atomic mass is 32.2. The number of amides is 1. The molecule has 0 bridgehead atoms. The number of hydrogen-bond acceptors (Lipinski definition) is 5. The Kier molecular flexibility index (Phi) is 6.43. The minimum absolute atomic E-state index is 0.111. The first-order valence-corrected chi connectivity index (χ1v) is 10.4. The first-order valence-electron chi connectivity index (χ1n) is 8.51. The van der Waals surface area contributed by atoms with E-state index in [2.05, 4.69) is 0 Å².